The summed E-state index contributed by atoms with van der Waals surface area (Å²) in [5.74, 6) is 1.49. The maximum absolute atomic E-state index is 6.00. The van der Waals surface area contributed by atoms with Gasteiger partial charge in [0.25, 0.3) is 0 Å². The van der Waals surface area contributed by atoms with Crippen molar-refractivity contribution < 1.29 is 4.74 Å². The number of aryl methyl sites for hydroxylation is 1. The van der Waals surface area contributed by atoms with Crippen LogP contribution >= 0.6 is 11.6 Å². The summed E-state index contributed by atoms with van der Waals surface area (Å²) in [5, 5.41) is 0.695. The number of nitrogen functional groups attached to an aromatic ring is 1. The number of anilines is 1. The van der Waals surface area contributed by atoms with Gasteiger partial charge in [-0.25, -0.2) is 4.98 Å². The lowest BCUT2D eigenvalue weighted by molar-refractivity contribution is 0.294. The molecule has 0 bridgehead atoms. The Balaban J connectivity index is 1.88. The second-order valence-electron chi connectivity index (χ2n) is 4.55. The molecular formula is C15H14ClN3O. The van der Waals surface area contributed by atoms with Crippen molar-refractivity contribution in [2.75, 3.05) is 5.73 Å². The van der Waals surface area contributed by atoms with Crippen molar-refractivity contribution in [2.24, 2.45) is 7.05 Å². The van der Waals surface area contributed by atoms with Crippen LogP contribution in [-0.4, -0.2) is 9.55 Å². The van der Waals surface area contributed by atoms with E-state index in [9.17, 15) is 0 Å². The fourth-order valence-corrected chi connectivity index (χ4v) is 2.26. The number of hydrogen-bond donors (Lipinski definition) is 1. The normalized spacial score (nSPS) is 10.9. The van der Waals surface area contributed by atoms with E-state index in [2.05, 4.69) is 4.98 Å². The first-order valence-electron chi connectivity index (χ1n) is 6.23. The molecule has 3 aromatic rings. The van der Waals surface area contributed by atoms with Crippen LogP contribution in [0.15, 0.2) is 42.5 Å². The molecule has 0 radical (unpaired) electrons. The third-order valence-electron chi connectivity index (χ3n) is 3.21. The van der Waals surface area contributed by atoms with Crippen LogP contribution in [-0.2, 0) is 13.7 Å². The van der Waals surface area contributed by atoms with Crippen LogP contribution < -0.4 is 10.5 Å². The van der Waals surface area contributed by atoms with Gasteiger partial charge in [0.05, 0.1) is 16.7 Å². The summed E-state index contributed by atoms with van der Waals surface area (Å²) in [5.41, 5.74) is 8.35. The molecule has 2 aromatic carbocycles. The van der Waals surface area contributed by atoms with Gasteiger partial charge in [0.2, 0.25) is 0 Å². The van der Waals surface area contributed by atoms with E-state index in [0.717, 1.165) is 16.9 Å². The minimum absolute atomic E-state index is 0.358. The number of halogens is 1. The lowest BCUT2D eigenvalue weighted by Crippen LogP contribution is -2.04. The molecule has 0 unspecified atom stereocenters. The maximum Gasteiger partial charge on any atom is 0.147 e. The third kappa shape index (κ3) is 2.30. The van der Waals surface area contributed by atoms with Gasteiger partial charge in [-0.3, -0.25) is 0 Å². The zero-order valence-corrected chi connectivity index (χ0v) is 11.8. The van der Waals surface area contributed by atoms with E-state index in [0.29, 0.717) is 23.1 Å². The summed E-state index contributed by atoms with van der Waals surface area (Å²) < 4.78 is 7.69. The number of rotatable bonds is 3. The Morgan fingerprint density at radius 3 is 2.85 bits per heavy atom. The number of imidazole rings is 1. The van der Waals surface area contributed by atoms with Crippen LogP contribution in [0.25, 0.3) is 11.0 Å². The van der Waals surface area contributed by atoms with E-state index in [-0.39, 0.29) is 0 Å². The number of fused-ring (bicyclic) bond motifs is 1. The molecule has 2 N–H and O–H groups in total. The number of hydrogen-bond acceptors (Lipinski definition) is 3. The first-order valence-corrected chi connectivity index (χ1v) is 6.61. The maximum atomic E-state index is 6.00. The first-order chi connectivity index (χ1) is 9.65. The van der Waals surface area contributed by atoms with Gasteiger partial charge < -0.3 is 15.0 Å². The molecule has 0 amide bonds. The molecular weight excluding hydrogens is 274 g/mol. The molecule has 4 nitrogen and oxygen atoms in total. The average molecular weight is 288 g/mol. The molecule has 0 aliphatic heterocycles. The largest absolute Gasteiger partial charge is 0.484 e. The summed E-state index contributed by atoms with van der Waals surface area (Å²) >= 11 is 6.00. The first kappa shape index (κ1) is 12.8. The standard InChI is InChI=1S/C15H14ClN3O/c1-19-13-8-10(16)6-7-12(13)18-15(19)9-20-14-5-3-2-4-11(14)17/h2-8H,9,17H2,1H3. The Bertz CT molecular complexity index is 767. The van der Waals surface area contributed by atoms with Gasteiger partial charge in [-0.05, 0) is 30.3 Å². The molecule has 3 rings (SSSR count). The summed E-state index contributed by atoms with van der Waals surface area (Å²) in [6.07, 6.45) is 0. The topological polar surface area (TPSA) is 53.1 Å². The molecule has 102 valence electrons. The van der Waals surface area contributed by atoms with Crippen molar-refractivity contribution in [2.45, 2.75) is 6.61 Å². The quantitative estimate of drug-likeness (QED) is 0.751. The second-order valence-corrected chi connectivity index (χ2v) is 4.98. The molecule has 20 heavy (non-hydrogen) atoms. The molecule has 0 saturated heterocycles. The molecule has 5 heteroatoms. The monoisotopic (exact) mass is 287 g/mol. The van der Waals surface area contributed by atoms with Crippen molar-refractivity contribution in [1.82, 2.24) is 9.55 Å². The number of benzene rings is 2. The zero-order chi connectivity index (χ0) is 14.1. The van der Waals surface area contributed by atoms with Crippen LogP contribution in [0.3, 0.4) is 0 Å². The predicted molar refractivity (Wildman–Crippen MR) is 80.9 cm³/mol. The van der Waals surface area contributed by atoms with Crippen molar-refractivity contribution in [3.05, 3.63) is 53.3 Å². The minimum Gasteiger partial charge on any atom is -0.484 e. The SMILES string of the molecule is Cn1c(COc2ccccc2N)nc2ccc(Cl)cc21. The Labute approximate surface area is 121 Å². The average Bonchev–Trinajstić information content (AvgIpc) is 2.75. The molecule has 1 heterocycles. The van der Waals surface area contributed by atoms with Crippen LogP contribution in [0.5, 0.6) is 5.75 Å². The lowest BCUT2D eigenvalue weighted by Gasteiger charge is -2.08. The molecule has 1 aromatic heterocycles. The van der Waals surface area contributed by atoms with Crippen LogP contribution in [0, 0.1) is 0 Å². The van der Waals surface area contributed by atoms with E-state index < -0.39 is 0 Å². The smallest absolute Gasteiger partial charge is 0.147 e. The van der Waals surface area contributed by atoms with Gasteiger partial charge in [-0.2, -0.15) is 0 Å². The molecule has 0 spiro atoms. The van der Waals surface area contributed by atoms with E-state index in [1.807, 2.05) is 54.1 Å². The summed E-state index contributed by atoms with van der Waals surface area (Å²) in [6.45, 7) is 0.358. The number of para-hydroxylation sites is 2. The molecule has 0 aliphatic rings. The van der Waals surface area contributed by atoms with Crippen LogP contribution in [0.2, 0.25) is 5.02 Å². The second kappa shape index (κ2) is 5.06. The highest BCUT2D eigenvalue weighted by Crippen LogP contribution is 2.23. The highest BCUT2D eigenvalue weighted by molar-refractivity contribution is 6.31. The number of nitrogens with zero attached hydrogens (tertiary/aromatic N) is 2. The van der Waals surface area contributed by atoms with E-state index >= 15 is 0 Å². The van der Waals surface area contributed by atoms with E-state index in [1.54, 1.807) is 0 Å². The van der Waals surface area contributed by atoms with Gasteiger partial charge in [0.1, 0.15) is 18.2 Å². The highest BCUT2D eigenvalue weighted by atomic mass is 35.5. The van der Waals surface area contributed by atoms with Gasteiger partial charge in [0.15, 0.2) is 0 Å². The summed E-state index contributed by atoms with van der Waals surface area (Å²) in [6, 6.07) is 13.0. The zero-order valence-electron chi connectivity index (χ0n) is 11.0. The minimum atomic E-state index is 0.358. The van der Waals surface area contributed by atoms with Crippen molar-refractivity contribution in [3.8, 4) is 5.75 Å². The molecule has 0 aliphatic carbocycles. The van der Waals surface area contributed by atoms with Gasteiger partial charge in [-0.1, -0.05) is 23.7 Å². The van der Waals surface area contributed by atoms with Crippen LogP contribution in [0.1, 0.15) is 5.82 Å². The lowest BCUT2D eigenvalue weighted by atomic mass is 10.3. The fraction of sp³-hybridized carbons (Fsp3) is 0.133. The number of aromatic nitrogens is 2. The van der Waals surface area contributed by atoms with Crippen molar-refractivity contribution >= 4 is 28.3 Å². The Morgan fingerprint density at radius 2 is 2.05 bits per heavy atom. The van der Waals surface area contributed by atoms with Gasteiger partial charge in [0, 0.05) is 12.1 Å². The van der Waals surface area contributed by atoms with E-state index in [1.165, 1.54) is 0 Å². The summed E-state index contributed by atoms with van der Waals surface area (Å²) in [7, 11) is 1.94. The van der Waals surface area contributed by atoms with Gasteiger partial charge in [-0.15, -0.1) is 0 Å². The summed E-state index contributed by atoms with van der Waals surface area (Å²) in [4.78, 5) is 4.54. The number of nitrogens with two attached hydrogens (primary N) is 1. The molecule has 0 atom stereocenters. The Kier molecular flexibility index (Phi) is 3.24. The van der Waals surface area contributed by atoms with Gasteiger partial charge >= 0.3 is 0 Å². The van der Waals surface area contributed by atoms with Crippen molar-refractivity contribution in [1.29, 1.82) is 0 Å². The Morgan fingerprint density at radius 1 is 1.25 bits per heavy atom. The van der Waals surface area contributed by atoms with Crippen LogP contribution in [0.4, 0.5) is 5.69 Å². The Hall–Kier alpha value is -2.20. The van der Waals surface area contributed by atoms with E-state index in [4.69, 9.17) is 22.1 Å². The highest BCUT2D eigenvalue weighted by Gasteiger charge is 2.09. The third-order valence-corrected chi connectivity index (χ3v) is 3.45. The molecule has 0 saturated carbocycles. The predicted octanol–water partition coefficient (Wildman–Crippen LogP) is 3.39. The molecule has 0 fully saturated rings. The van der Waals surface area contributed by atoms with Crippen molar-refractivity contribution in [3.63, 3.8) is 0 Å². The fourth-order valence-electron chi connectivity index (χ4n) is 2.10. The number of ether oxygens (including phenoxy) is 1.